The fraction of sp³-hybridized carbons (Fsp3) is 0.240. The maximum atomic E-state index is 13.6. The number of hydrogen-bond donors (Lipinski definition) is 1. The number of nitrogens with zero attached hydrogens (tertiary/aromatic N) is 2. The molecular formula is C25H24N2O6S. The van der Waals surface area contributed by atoms with E-state index in [9.17, 15) is 14.7 Å². The zero-order valence-corrected chi connectivity index (χ0v) is 20.0. The van der Waals surface area contributed by atoms with Crippen LogP contribution in [-0.4, -0.2) is 36.5 Å². The van der Waals surface area contributed by atoms with Crippen LogP contribution in [0.15, 0.2) is 63.5 Å². The minimum Gasteiger partial charge on any atom is -0.504 e. The maximum absolute atomic E-state index is 13.6. The summed E-state index contributed by atoms with van der Waals surface area (Å²) in [6, 6.07) is 11.4. The zero-order valence-electron chi connectivity index (χ0n) is 19.2. The van der Waals surface area contributed by atoms with Crippen molar-refractivity contribution in [3.63, 3.8) is 0 Å². The topological polar surface area (TPSA) is 99.4 Å². The van der Waals surface area contributed by atoms with Crippen LogP contribution in [-0.2, 0) is 9.53 Å². The van der Waals surface area contributed by atoms with Gasteiger partial charge in [0.05, 0.1) is 42.7 Å². The molecule has 1 unspecified atom stereocenters. The smallest absolute Gasteiger partial charge is 0.338 e. The Morgan fingerprint density at radius 2 is 1.91 bits per heavy atom. The normalized spacial score (nSPS) is 15.5. The van der Waals surface area contributed by atoms with Crippen LogP contribution < -0.4 is 24.4 Å². The van der Waals surface area contributed by atoms with Crippen molar-refractivity contribution in [2.75, 3.05) is 20.8 Å². The Labute approximate surface area is 199 Å². The van der Waals surface area contributed by atoms with Crippen molar-refractivity contribution in [2.24, 2.45) is 4.99 Å². The van der Waals surface area contributed by atoms with Gasteiger partial charge in [-0.25, -0.2) is 9.79 Å². The van der Waals surface area contributed by atoms with E-state index in [-0.39, 0.29) is 17.9 Å². The van der Waals surface area contributed by atoms with E-state index in [0.717, 1.165) is 5.56 Å². The van der Waals surface area contributed by atoms with Gasteiger partial charge >= 0.3 is 5.97 Å². The van der Waals surface area contributed by atoms with Crippen molar-refractivity contribution in [2.45, 2.75) is 19.9 Å². The Morgan fingerprint density at radius 1 is 1.18 bits per heavy atom. The van der Waals surface area contributed by atoms with E-state index < -0.39 is 12.0 Å². The van der Waals surface area contributed by atoms with Crippen LogP contribution in [0.3, 0.4) is 0 Å². The van der Waals surface area contributed by atoms with Crippen molar-refractivity contribution in [1.29, 1.82) is 0 Å². The molecule has 1 aliphatic rings. The summed E-state index contributed by atoms with van der Waals surface area (Å²) in [5.41, 5.74) is 1.95. The first-order chi connectivity index (χ1) is 16.4. The molecular weight excluding hydrogens is 456 g/mol. The number of esters is 1. The van der Waals surface area contributed by atoms with Crippen LogP contribution >= 0.6 is 11.3 Å². The Hall–Kier alpha value is -3.85. The Bertz CT molecular complexity index is 1450. The lowest BCUT2D eigenvalue weighted by Gasteiger charge is -2.24. The lowest BCUT2D eigenvalue weighted by Crippen LogP contribution is -2.39. The number of aromatic hydroxyl groups is 1. The number of rotatable bonds is 6. The minimum atomic E-state index is -0.697. The molecule has 1 aliphatic heterocycles. The number of phenolic OH excluding ortho intramolecular Hbond substituents is 1. The minimum absolute atomic E-state index is 0.00955. The number of carbonyl (C=O) groups is 1. The average molecular weight is 481 g/mol. The highest BCUT2D eigenvalue weighted by Gasteiger charge is 2.33. The van der Waals surface area contributed by atoms with Gasteiger partial charge < -0.3 is 19.3 Å². The molecule has 0 fully saturated rings. The monoisotopic (exact) mass is 480 g/mol. The van der Waals surface area contributed by atoms with Gasteiger partial charge in [-0.15, -0.1) is 0 Å². The molecule has 4 rings (SSSR count). The molecule has 0 radical (unpaired) electrons. The van der Waals surface area contributed by atoms with Gasteiger partial charge in [0.2, 0.25) is 0 Å². The van der Waals surface area contributed by atoms with Crippen LogP contribution in [0, 0.1) is 0 Å². The first kappa shape index (κ1) is 23.3. The lowest BCUT2D eigenvalue weighted by molar-refractivity contribution is -0.139. The summed E-state index contributed by atoms with van der Waals surface area (Å²) in [5, 5.41) is 9.87. The van der Waals surface area contributed by atoms with Gasteiger partial charge in [-0.3, -0.25) is 9.36 Å². The van der Waals surface area contributed by atoms with Gasteiger partial charge in [-0.2, -0.15) is 0 Å². The number of aromatic nitrogens is 1. The molecule has 1 aromatic heterocycles. The van der Waals surface area contributed by atoms with Crippen LogP contribution in [0.4, 0.5) is 0 Å². The number of carbonyl (C=O) groups excluding carboxylic acids is 1. The number of thiazole rings is 1. The molecule has 0 bridgehead atoms. The number of fused-ring (bicyclic) bond motifs is 1. The summed E-state index contributed by atoms with van der Waals surface area (Å²) >= 11 is 1.23. The largest absolute Gasteiger partial charge is 0.504 e. The van der Waals surface area contributed by atoms with E-state index in [1.807, 2.05) is 12.1 Å². The molecule has 8 nitrogen and oxygen atoms in total. The van der Waals surface area contributed by atoms with E-state index in [2.05, 4.69) is 4.99 Å². The highest BCUT2D eigenvalue weighted by atomic mass is 32.1. The predicted octanol–water partition coefficient (Wildman–Crippen LogP) is 2.52. The second-order valence-electron chi connectivity index (χ2n) is 7.51. The van der Waals surface area contributed by atoms with Crippen molar-refractivity contribution < 1.29 is 24.1 Å². The van der Waals surface area contributed by atoms with Gasteiger partial charge in [0, 0.05) is 0 Å². The highest BCUT2D eigenvalue weighted by molar-refractivity contribution is 7.07. The van der Waals surface area contributed by atoms with Crippen LogP contribution in [0.5, 0.6) is 17.2 Å². The first-order valence-corrected chi connectivity index (χ1v) is 11.4. The standard InChI is InChI=1S/C25H24N2O6S/c1-5-33-24(30)21-14(2)26-25-27(22(21)16-7-9-17(31-3)10-8-16)23(29)20(34-25)13-15-6-11-18(28)19(12-15)32-4/h6-13,22,28H,5H2,1-4H3/b20-13-. The molecule has 0 aliphatic carbocycles. The second kappa shape index (κ2) is 9.56. The first-order valence-electron chi connectivity index (χ1n) is 10.6. The summed E-state index contributed by atoms with van der Waals surface area (Å²) in [5.74, 6) is 0.464. The summed E-state index contributed by atoms with van der Waals surface area (Å²) in [4.78, 5) is 31.5. The molecule has 0 spiro atoms. The summed E-state index contributed by atoms with van der Waals surface area (Å²) in [6.07, 6.45) is 1.71. The summed E-state index contributed by atoms with van der Waals surface area (Å²) in [6.45, 7) is 3.68. The van der Waals surface area contributed by atoms with E-state index in [1.165, 1.54) is 29.1 Å². The van der Waals surface area contributed by atoms with Crippen molar-refractivity contribution in [3.05, 3.63) is 84.5 Å². The van der Waals surface area contributed by atoms with Crippen molar-refractivity contribution >= 4 is 23.4 Å². The van der Waals surface area contributed by atoms with E-state index in [4.69, 9.17) is 14.2 Å². The Kier molecular flexibility index (Phi) is 6.56. The number of methoxy groups -OCH3 is 2. The molecule has 0 amide bonds. The van der Waals surface area contributed by atoms with Crippen molar-refractivity contribution in [1.82, 2.24) is 4.57 Å². The molecule has 2 aromatic carbocycles. The van der Waals surface area contributed by atoms with Gasteiger partial charge in [0.25, 0.3) is 5.56 Å². The van der Waals surface area contributed by atoms with E-state index in [0.29, 0.717) is 37.7 Å². The molecule has 0 saturated carbocycles. The second-order valence-corrected chi connectivity index (χ2v) is 8.52. The molecule has 34 heavy (non-hydrogen) atoms. The molecule has 9 heteroatoms. The van der Waals surface area contributed by atoms with Crippen LogP contribution in [0.1, 0.15) is 31.0 Å². The Balaban J connectivity index is 1.93. The summed E-state index contributed by atoms with van der Waals surface area (Å²) < 4.78 is 17.7. The van der Waals surface area contributed by atoms with Gasteiger partial charge in [0.15, 0.2) is 16.3 Å². The Morgan fingerprint density at radius 3 is 2.56 bits per heavy atom. The molecule has 1 N–H and O–H groups in total. The van der Waals surface area contributed by atoms with Gasteiger partial charge in [0.1, 0.15) is 5.75 Å². The number of ether oxygens (including phenoxy) is 3. The van der Waals surface area contributed by atoms with E-state index >= 15 is 0 Å². The van der Waals surface area contributed by atoms with Crippen LogP contribution in [0.2, 0.25) is 0 Å². The third-order valence-corrected chi connectivity index (χ3v) is 6.43. The maximum Gasteiger partial charge on any atom is 0.338 e. The number of phenols is 1. The van der Waals surface area contributed by atoms with Gasteiger partial charge in [-0.05, 0) is 55.3 Å². The fourth-order valence-electron chi connectivity index (χ4n) is 3.83. The number of hydrogen-bond acceptors (Lipinski definition) is 8. The number of benzene rings is 2. The van der Waals surface area contributed by atoms with Crippen LogP contribution in [0.25, 0.3) is 6.08 Å². The SMILES string of the molecule is CCOC(=O)C1=C(C)N=c2s/c(=C\c3ccc(O)c(OC)c3)c(=O)n2C1c1ccc(OC)cc1. The molecule has 176 valence electrons. The van der Waals surface area contributed by atoms with E-state index in [1.54, 1.807) is 51.3 Å². The highest BCUT2D eigenvalue weighted by Crippen LogP contribution is 2.31. The van der Waals surface area contributed by atoms with Crippen molar-refractivity contribution in [3.8, 4) is 17.2 Å². The molecule has 3 aromatic rings. The molecule has 1 atom stereocenters. The zero-order chi connectivity index (χ0) is 24.4. The average Bonchev–Trinajstić information content (AvgIpc) is 3.13. The van der Waals surface area contributed by atoms with Gasteiger partial charge in [-0.1, -0.05) is 29.5 Å². The lowest BCUT2D eigenvalue weighted by atomic mass is 9.96. The molecule has 2 heterocycles. The molecule has 0 saturated heterocycles. The quantitative estimate of drug-likeness (QED) is 0.545. The third-order valence-electron chi connectivity index (χ3n) is 5.45. The summed E-state index contributed by atoms with van der Waals surface area (Å²) in [7, 11) is 3.03. The third kappa shape index (κ3) is 4.22. The fourth-order valence-corrected chi connectivity index (χ4v) is 4.88. The number of allylic oxidation sites excluding steroid dienone is 1. The predicted molar refractivity (Wildman–Crippen MR) is 128 cm³/mol.